The third kappa shape index (κ3) is 3.99. The zero-order valence-corrected chi connectivity index (χ0v) is 15.3. The summed E-state index contributed by atoms with van der Waals surface area (Å²) in [7, 11) is 0. The van der Waals surface area contributed by atoms with E-state index in [1.165, 1.54) is 11.8 Å². The molecule has 0 saturated heterocycles. The van der Waals surface area contributed by atoms with E-state index < -0.39 is 5.25 Å². The van der Waals surface area contributed by atoms with Gasteiger partial charge in [-0.2, -0.15) is 0 Å². The SMILES string of the molecule is O=C(c1ccccc1)C(Sc1n[nH]c(-c2ccccc2)n1)c1ccccc1. The number of aromatic nitrogens is 3. The first kappa shape index (κ1) is 17.2. The Balaban J connectivity index is 1.64. The number of carbonyl (C=O) groups excluding carboxylic acids is 1. The Labute approximate surface area is 161 Å². The van der Waals surface area contributed by atoms with Crippen molar-refractivity contribution in [1.82, 2.24) is 15.2 Å². The first-order valence-corrected chi connectivity index (χ1v) is 9.48. The zero-order valence-electron chi connectivity index (χ0n) is 14.4. The van der Waals surface area contributed by atoms with E-state index in [1.807, 2.05) is 91.0 Å². The standard InChI is InChI=1S/C22H17N3OS/c26-19(16-10-4-1-5-11-16)20(17-12-6-2-7-13-17)27-22-23-21(24-25-22)18-14-8-3-9-15-18/h1-15,20H,(H,23,24,25). The number of nitrogens with zero attached hydrogens (tertiary/aromatic N) is 2. The summed E-state index contributed by atoms with van der Waals surface area (Å²) in [5, 5.41) is 7.41. The van der Waals surface area contributed by atoms with Gasteiger partial charge in [-0.15, -0.1) is 5.10 Å². The number of rotatable bonds is 6. The molecule has 27 heavy (non-hydrogen) atoms. The summed E-state index contributed by atoms with van der Waals surface area (Å²) in [6.45, 7) is 0. The van der Waals surface area contributed by atoms with Crippen LogP contribution in [0.2, 0.25) is 0 Å². The molecule has 0 spiro atoms. The van der Waals surface area contributed by atoms with Gasteiger partial charge < -0.3 is 0 Å². The summed E-state index contributed by atoms with van der Waals surface area (Å²) in [4.78, 5) is 17.7. The van der Waals surface area contributed by atoms with Gasteiger partial charge in [-0.05, 0) is 5.56 Å². The Kier molecular flexibility index (Phi) is 5.12. The minimum Gasteiger partial charge on any atom is -0.293 e. The number of nitrogens with one attached hydrogen (secondary N) is 1. The molecule has 4 rings (SSSR count). The topological polar surface area (TPSA) is 58.6 Å². The van der Waals surface area contributed by atoms with Crippen molar-refractivity contribution in [2.75, 3.05) is 0 Å². The lowest BCUT2D eigenvalue weighted by atomic mass is 10.0. The highest BCUT2D eigenvalue weighted by molar-refractivity contribution is 8.00. The van der Waals surface area contributed by atoms with Crippen LogP contribution in [0.4, 0.5) is 0 Å². The van der Waals surface area contributed by atoms with Gasteiger partial charge in [-0.25, -0.2) is 4.98 Å². The third-order valence-electron chi connectivity index (χ3n) is 4.13. The quantitative estimate of drug-likeness (QED) is 0.374. The lowest BCUT2D eigenvalue weighted by Gasteiger charge is -2.14. The van der Waals surface area contributed by atoms with Crippen LogP contribution >= 0.6 is 11.8 Å². The fourth-order valence-corrected chi connectivity index (χ4v) is 3.77. The smallest absolute Gasteiger partial charge is 0.209 e. The summed E-state index contributed by atoms with van der Waals surface area (Å²) in [6, 6.07) is 28.9. The second-order valence-electron chi connectivity index (χ2n) is 5.97. The molecule has 1 aromatic heterocycles. The van der Waals surface area contributed by atoms with Crippen LogP contribution in [0.15, 0.2) is 96.2 Å². The molecular weight excluding hydrogens is 354 g/mol. The van der Waals surface area contributed by atoms with Crippen LogP contribution in [0.1, 0.15) is 21.2 Å². The Morgan fingerprint density at radius 3 is 2.07 bits per heavy atom. The van der Waals surface area contributed by atoms with Crippen LogP contribution in [0.5, 0.6) is 0 Å². The number of benzene rings is 3. The third-order valence-corrected chi connectivity index (χ3v) is 5.25. The molecule has 1 atom stereocenters. The second kappa shape index (κ2) is 8.01. The molecule has 0 aliphatic rings. The van der Waals surface area contributed by atoms with E-state index in [0.29, 0.717) is 16.5 Å². The van der Waals surface area contributed by atoms with Crippen LogP contribution in [-0.4, -0.2) is 21.0 Å². The minimum absolute atomic E-state index is 0.0397. The number of H-pyrrole nitrogens is 1. The highest BCUT2D eigenvalue weighted by Crippen LogP contribution is 2.36. The second-order valence-corrected chi connectivity index (χ2v) is 7.04. The molecular formula is C22H17N3OS. The van der Waals surface area contributed by atoms with Crippen molar-refractivity contribution in [3.63, 3.8) is 0 Å². The van der Waals surface area contributed by atoms with Gasteiger partial charge in [0, 0.05) is 11.1 Å². The molecule has 0 fully saturated rings. The normalized spacial score (nSPS) is 11.9. The van der Waals surface area contributed by atoms with Gasteiger partial charge in [-0.1, -0.05) is 103 Å². The molecule has 0 saturated carbocycles. The highest BCUT2D eigenvalue weighted by atomic mass is 32.2. The van der Waals surface area contributed by atoms with Crippen LogP contribution in [0.3, 0.4) is 0 Å². The number of Topliss-reactive ketones (excluding diaryl/α,β-unsaturated/α-hetero) is 1. The average molecular weight is 371 g/mol. The largest absolute Gasteiger partial charge is 0.293 e. The van der Waals surface area contributed by atoms with Gasteiger partial charge in [0.05, 0.1) is 0 Å². The summed E-state index contributed by atoms with van der Waals surface area (Å²) in [5.41, 5.74) is 2.57. The van der Waals surface area contributed by atoms with Crippen molar-refractivity contribution in [3.05, 3.63) is 102 Å². The lowest BCUT2D eigenvalue weighted by Crippen LogP contribution is -2.10. The maximum atomic E-state index is 13.1. The van der Waals surface area contributed by atoms with Gasteiger partial charge >= 0.3 is 0 Å². The molecule has 0 bridgehead atoms. The Morgan fingerprint density at radius 2 is 1.41 bits per heavy atom. The maximum absolute atomic E-state index is 13.1. The average Bonchev–Trinajstić information content (AvgIpc) is 3.22. The van der Waals surface area contributed by atoms with E-state index in [1.54, 1.807) is 0 Å². The van der Waals surface area contributed by atoms with Crippen LogP contribution < -0.4 is 0 Å². The van der Waals surface area contributed by atoms with Crippen LogP contribution in [-0.2, 0) is 0 Å². The number of hydrogen-bond acceptors (Lipinski definition) is 4. The summed E-state index contributed by atoms with van der Waals surface area (Å²) in [5.74, 6) is 0.731. The van der Waals surface area contributed by atoms with E-state index in [4.69, 9.17) is 0 Å². The molecule has 132 valence electrons. The Hall–Kier alpha value is -3.18. The van der Waals surface area contributed by atoms with Gasteiger partial charge in [0.2, 0.25) is 5.16 Å². The van der Waals surface area contributed by atoms with Gasteiger partial charge in [-0.3, -0.25) is 9.89 Å². The molecule has 0 aliphatic carbocycles. The van der Waals surface area contributed by atoms with Crippen molar-refractivity contribution < 1.29 is 4.79 Å². The van der Waals surface area contributed by atoms with Crippen LogP contribution in [0.25, 0.3) is 11.4 Å². The molecule has 4 aromatic rings. The van der Waals surface area contributed by atoms with E-state index in [2.05, 4.69) is 15.2 Å². The first-order valence-electron chi connectivity index (χ1n) is 8.60. The Bertz CT molecular complexity index is 1020. The molecule has 0 amide bonds. The van der Waals surface area contributed by atoms with Crippen molar-refractivity contribution in [2.24, 2.45) is 0 Å². The molecule has 1 heterocycles. The predicted octanol–water partition coefficient (Wildman–Crippen LogP) is 5.19. The number of carbonyl (C=O) groups is 1. The van der Waals surface area contributed by atoms with Crippen molar-refractivity contribution in [2.45, 2.75) is 10.4 Å². The summed E-state index contributed by atoms with van der Waals surface area (Å²) < 4.78 is 0. The monoisotopic (exact) mass is 371 g/mol. The maximum Gasteiger partial charge on any atom is 0.209 e. The Morgan fingerprint density at radius 1 is 0.815 bits per heavy atom. The van der Waals surface area contributed by atoms with Gasteiger partial charge in [0.15, 0.2) is 11.6 Å². The summed E-state index contributed by atoms with van der Waals surface area (Å²) >= 11 is 1.36. The van der Waals surface area contributed by atoms with E-state index in [9.17, 15) is 4.79 Å². The van der Waals surface area contributed by atoms with Gasteiger partial charge in [0.1, 0.15) is 5.25 Å². The number of hydrogen-bond donors (Lipinski definition) is 1. The fraction of sp³-hybridized carbons (Fsp3) is 0.0455. The number of aromatic amines is 1. The number of thioether (sulfide) groups is 1. The molecule has 5 heteroatoms. The zero-order chi connectivity index (χ0) is 18.5. The minimum atomic E-state index is -0.409. The van der Waals surface area contributed by atoms with Crippen molar-refractivity contribution >= 4 is 17.5 Å². The summed E-state index contributed by atoms with van der Waals surface area (Å²) in [6.07, 6.45) is 0. The molecule has 3 aromatic carbocycles. The highest BCUT2D eigenvalue weighted by Gasteiger charge is 2.25. The van der Waals surface area contributed by atoms with E-state index in [0.717, 1.165) is 11.1 Å². The van der Waals surface area contributed by atoms with E-state index >= 15 is 0 Å². The molecule has 0 radical (unpaired) electrons. The lowest BCUT2D eigenvalue weighted by molar-refractivity contribution is 0.0989. The molecule has 4 nitrogen and oxygen atoms in total. The van der Waals surface area contributed by atoms with Gasteiger partial charge in [0.25, 0.3) is 0 Å². The fourth-order valence-electron chi connectivity index (χ4n) is 2.78. The van der Waals surface area contributed by atoms with E-state index in [-0.39, 0.29) is 5.78 Å². The first-order chi connectivity index (χ1) is 13.3. The molecule has 0 aliphatic heterocycles. The molecule has 1 N–H and O–H groups in total. The molecule has 1 unspecified atom stereocenters. The number of ketones is 1. The van der Waals surface area contributed by atoms with Crippen molar-refractivity contribution in [1.29, 1.82) is 0 Å². The van der Waals surface area contributed by atoms with Crippen LogP contribution in [0, 0.1) is 0 Å². The predicted molar refractivity (Wildman–Crippen MR) is 108 cm³/mol. The van der Waals surface area contributed by atoms with Crippen molar-refractivity contribution in [3.8, 4) is 11.4 Å².